The molecule has 0 aromatic carbocycles. The quantitative estimate of drug-likeness (QED) is 0.618. The van der Waals surface area contributed by atoms with Crippen molar-refractivity contribution in [3.8, 4) is 6.07 Å². The van der Waals surface area contributed by atoms with Crippen LogP contribution in [0.5, 0.6) is 0 Å². The van der Waals surface area contributed by atoms with Crippen LogP contribution in [0.2, 0.25) is 0 Å². The summed E-state index contributed by atoms with van der Waals surface area (Å²) in [4.78, 5) is 7.99. The van der Waals surface area contributed by atoms with Crippen molar-refractivity contribution in [3.05, 3.63) is 21.8 Å². The smallest absolute Gasteiger partial charge is 0.146 e. The molecule has 0 N–H and O–H groups in total. The molecule has 1 aromatic heterocycles. The maximum absolute atomic E-state index is 8.63. The molecule has 3 nitrogen and oxygen atoms in total. The summed E-state index contributed by atoms with van der Waals surface area (Å²) >= 11 is 7.64. The standard InChI is InChI=1S/C7H5ClIN3/c8-1-5(2-10)7-11-3-6(9)4-12-7/h3-5H,1H2. The van der Waals surface area contributed by atoms with E-state index in [4.69, 9.17) is 16.9 Å². The Morgan fingerprint density at radius 3 is 2.58 bits per heavy atom. The molecule has 0 fully saturated rings. The lowest BCUT2D eigenvalue weighted by Crippen LogP contribution is -2.03. The van der Waals surface area contributed by atoms with E-state index in [-0.39, 0.29) is 5.88 Å². The van der Waals surface area contributed by atoms with Gasteiger partial charge in [0.2, 0.25) is 0 Å². The van der Waals surface area contributed by atoms with Gasteiger partial charge in [0.15, 0.2) is 0 Å². The summed E-state index contributed by atoms with van der Waals surface area (Å²) < 4.78 is 0.947. The predicted octanol–water partition coefficient (Wildman–Crippen LogP) is 1.93. The van der Waals surface area contributed by atoms with Gasteiger partial charge in [-0.05, 0) is 22.6 Å². The third kappa shape index (κ3) is 2.29. The highest BCUT2D eigenvalue weighted by atomic mass is 127. The highest BCUT2D eigenvalue weighted by Crippen LogP contribution is 2.11. The van der Waals surface area contributed by atoms with E-state index in [9.17, 15) is 0 Å². The highest BCUT2D eigenvalue weighted by Gasteiger charge is 2.11. The Morgan fingerprint density at radius 2 is 2.17 bits per heavy atom. The van der Waals surface area contributed by atoms with Gasteiger partial charge in [0.1, 0.15) is 11.7 Å². The van der Waals surface area contributed by atoms with Crippen LogP contribution in [-0.4, -0.2) is 15.8 Å². The molecule has 0 spiro atoms. The van der Waals surface area contributed by atoms with Crippen molar-refractivity contribution >= 4 is 34.2 Å². The number of alkyl halides is 1. The lowest BCUT2D eigenvalue weighted by atomic mass is 10.2. The van der Waals surface area contributed by atoms with E-state index in [1.54, 1.807) is 12.4 Å². The first-order valence-corrected chi connectivity index (χ1v) is 4.82. The first-order valence-electron chi connectivity index (χ1n) is 3.21. The first-order chi connectivity index (χ1) is 5.77. The summed E-state index contributed by atoms with van der Waals surface area (Å²) in [5, 5.41) is 8.63. The van der Waals surface area contributed by atoms with Gasteiger partial charge in [0, 0.05) is 21.8 Å². The number of nitriles is 1. The minimum Gasteiger partial charge on any atom is -0.239 e. The molecule has 0 radical (unpaired) electrons. The number of hydrogen-bond acceptors (Lipinski definition) is 3. The van der Waals surface area contributed by atoms with Crippen LogP contribution < -0.4 is 0 Å². The maximum Gasteiger partial charge on any atom is 0.146 e. The molecule has 0 aliphatic rings. The molecule has 0 saturated heterocycles. The second kappa shape index (κ2) is 4.58. The van der Waals surface area contributed by atoms with Crippen molar-refractivity contribution in [2.24, 2.45) is 0 Å². The molecule has 12 heavy (non-hydrogen) atoms. The zero-order chi connectivity index (χ0) is 8.97. The third-order valence-corrected chi connectivity index (χ3v) is 2.13. The van der Waals surface area contributed by atoms with Crippen LogP contribution in [0, 0.1) is 14.9 Å². The highest BCUT2D eigenvalue weighted by molar-refractivity contribution is 14.1. The molecule has 0 aliphatic heterocycles. The molecular formula is C7H5ClIN3. The summed E-state index contributed by atoms with van der Waals surface area (Å²) in [7, 11) is 0. The Bertz CT molecular complexity index is 293. The van der Waals surface area contributed by atoms with Gasteiger partial charge in [0.25, 0.3) is 0 Å². The van der Waals surface area contributed by atoms with Gasteiger partial charge >= 0.3 is 0 Å². The fraction of sp³-hybridized carbons (Fsp3) is 0.286. The zero-order valence-corrected chi connectivity index (χ0v) is 8.95. The summed E-state index contributed by atoms with van der Waals surface area (Å²) in [6.45, 7) is 0. The van der Waals surface area contributed by atoms with Crippen molar-refractivity contribution in [1.29, 1.82) is 5.26 Å². The van der Waals surface area contributed by atoms with Crippen molar-refractivity contribution in [2.45, 2.75) is 5.92 Å². The third-order valence-electron chi connectivity index (χ3n) is 1.26. The molecule has 1 aromatic rings. The summed E-state index contributed by atoms with van der Waals surface area (Å²) in [6.07, 6.45) is 3.33. The van der Waals surface area contributed by atoms with Gasteiger partial charge in [-0.2, -0.15) is 5.26 Å². The summed E-state index contributed by atoms with van der Waals surface area (Å²) in [5.74, 6) is 0.327. The minimum absolute atomic E-state index is 0.233. The Balaban J connectivity index is 2.89. The van der Waals surface area contributed by atoms with Crippen molar-refractivity contribution in [1.82, 2.24) is 9.97 Å². The largest absolute Gasteiger partial charge is 0.239 e. The number of halogens is 2. The molecule has 1 unspecified atom stereocenters. The predicted molar refractivity (Wildman–Crippen MR) is 53.8 cm³/mol. The number of rotatable bonds is 2. The van der Waals surface area contributed by atoms with Crippen LogP contribution in [0.25, 0.3) is 0 Å². The lowest BCUT2D eigenvalue weighted by Gasteiger charge is -2.01. The van der Waals surface area contributed by atoms with Crippen LogP contribution in [0.1, 0.15) is 11.7 Å². The van der Waals surface area contributed by atoms with E-state index in [1.165, 1.54) is 0 Å². The van der Waals surface area contributed by atoms with Crippen LogP contribution in [0.15, 0.2) is 12.4 Å². The van der Waals surface area contributed by atoms with Crippen LogP contribution >= 0.6 is 34.2 Å². The Morgan fingerprint density at radius 1 is 1.58 bits per heavy atom. The lowest BCUT2D eigenvalue weighted by molar-refractivity contribution is 0.855. The average Bonchev–Trinajstić information content (AvgIpc) is 2.10. The first kappa shape index (κ1) is 9.68. The van der Waals surface area contributed by atoms with E-state index < -0.39 is 5.92 Å². The number of hydrogen-bond donors (Lipinski definition) is 0. The van der Waals surface area contributed by atoms with Gasteiger partial charge in [-0.1, -0.05) is 0 Å². The van der Waals surface area contributed by atoms with E-state index in [0.29, 0.717) is 5.82 Å². The van der Waals surface area contributed by atoms with Crippen LogP contribution in [-0.2, 0) is 0 Å². The molecule has 0 amide bonds. The van der Waals surface area contributed by atoms with Gasteiger partial charge in [-0.3, -0.25) is 0 Å². The average molecular weight is 293 g/mol. The summed E-state index contributed by atoms with van der Waals surface area (Å²) in [5.41, 5.74) is 0. The van der Waals surface area contributed by atoms with Gasteiger partial charge < -0.3 is 0 Å². The van der Waals surface area contributed by atoms with Crippen molar-refractivity contribution < 1.29 is 0 Å². The van der Waals surface area contributed by atoms with Crippen LogP contribution in [0.3, 0.4) is 0 Å². The van der Waals surface area contributed by atoms with Gasteiger partial charge in [-0.15, -0.1) is 11.6 Å². The fourth-order valence-electron chi connectivity index (χ4n) is 0.663. The van der Waals surface area contributed by atoms with Gasteiger partial charge in [0.05, 0.1) is 6.07 Å². The normalized spacial score (nSPS) is 12.1. The Hall–Kier alpha value is -0.410. The van der Waals surface area contributed by atoms with E-state index >= 15 is 0 Å². The Kier molecular flexibility index (Phi) is 3.69. The van der Waals surface area contributed by atoms with E-state index in [0.717, 1.165) is 3.57 Å². The van der Waals surface area contributed by atoms with E-state index in [2.05, 4.69) is 32.6 Å². The van der Waals surface area contributed by atoms with Crippen LogP contribution in [0.4, 0.5) is 0 Å². The fourth-order valence-corrected chi connectivity index (χ4v) is 1.15. The zero-order valence-electron chi connectivity index (χ0n) is 6.04. The molecule has 0 saturated carbocycles. The second-order valence-electron chi connectivity index (χ2n) is 2.10. The molecule has 0 bridgehead atoms. The number of nitrogens with zero attached hydrogens (tertiary/aromatic N) is 3. The molecule has 5 heteroatoms. The molecule has 1 heterocycles. The minimum atomic E-state index is -0.399. The monoisotopic (exact) mass is 293 g/mol. The topological polar surface area (TPSA) is 49.6 Å². The molecule has 62 valence electrons. The maximum atomic E-state index is 8.63. The Labute approximate surface area is 88.9 Å². The molecule has 1 rings (SSSR count). The molecule has 0 aliphatic carbocycles. The SMILES string of the molecule is N#CC(CCl)c1ncc(I)cn1. The van der Waals surface area contributed by atoms with Crippen molar-refractivity contribution in [2.75, 3.05) is 5.88 Å². The van der Waals surface area contributed by atoms with Crippen molar-refractivity contribution in [3.63, 3.8) is 0 Å². The number of aromatic nitrogens is 2. The summed E-state index contributed by atoms with van der Waals surface area (Å²) in [6, 6.07) is 2.03. The molecule has 1 atom stereocenters. The molecular weight excluding hydrogens is 288 g/mol. The van der Waals surface area contributed by atoms with Gasteiger partial charge in [-0.25, -0.2) is 9.97 Å². The van der Waals surface area contributed by atoms with E-state index in [1.807, 2.05) is 6.07 Å². The second-order valence-corrected chi connectivity index (χ2v) is 3.65.